The van der Waals surface area contributed by atoms with Crippen LogP contribution in [-0.4, -0.2) is 34.8 Å². The van der Waals surface area contributed by atoms with Crippen LogP contribution >= 0.6 is 57.9 Å². The van der Waals surface area contributed by atoms with Crippen molar-refractivity contribution in [3.8, 4) is 11.8 Å². The number of ketones is 1. The third kappa shape index (κ3) is 5.89. The van der Waals surface area contributed by atoms with Gasteiger partial charge in [-0.25, -0.2) is 0 Å². The van der Waals surface area contributed by atoms with E-state index >= 15 is 0 Å². The van der Waals surface area contributed by atoms with Crippen LogP contribution in [0.15, 0.2) is 63.4 Å². The summed E-state index contributed by atoms with van der Waals surface area (Å²) >= 11 is 20.5. The number of allylic oxidation sites excluding steroid dienone is 3. The molecule has 0 radical (unpaired) electrons. The predicted molar refractivity (Wildman–Crippen MR) is 162 cm³/mol. The van der Waals surface area contributed by atoms with Crippen molar-refractivity contribution in [3.05, 3.63) is 79.7 Å². The highest BCUT2D eigenvalue weighted by Crippen LogP contribution is 2.47. The molecule has 1 aliphatic carbocycles. The summed E-state index contributed by atoms with van der Waals surface area (Å²) in [5.41, 5.74) is 9.17. The summed E-state index contributed by atoms with van der Waals surface area (Å²) in [7, 11) is 1.56. The fourth-order valence-corrected chi connectivity index (χ4v) is 7.02. The molecule has 1 aromatic heterocycles. The fraction of sp³-hybridized carbons (Fsp3) is 0.222. The van der Waals surface area contributed by atoms with Crippen molar-refractivity contribution in [2.24, 2.45) is 5.73 Å². The average molecular weight is 648 g/mol. The zero-order valence-corrected chi connectivity index (χ0v) is 25.3. The van der Waals surface area contributed by atoms with Gasteiger partial charge in [0.1, 0.15) is 11.6 Å². The van der Waals surface area contributed by atoms with Crippen molar-refractivity contribution >= 4 is 80.4 Å². The Morgan fingerprint density at radius 2 is 2.00 bits per heavy atom. The number of nitrogens with two attached hydrogens (primary N) is 1. The first-order valence-electron chi connectivity index (χ1n) is 12.2. The summed E-state index contributed by atoms with van der Waals surface area (Å²) in [5, 5.41) is 22.6. The third-order valence-electron chi connectivity index (χ3n) is 6.54. The van der Waals surface area contributed by atoms with Gasteiger partial charge in [0.05, 0.1) is 51.2 Å². The van der Waals surface area contributed by atoms with Gasteiger partial charge in [-0.05, 0) is 42.7 Å². The zero-order chi connectivity index (χ0) is 29.3. The van der Waals surface area contributed by atoms with Crippen LogP contribution in [0.2, 0.25) is 15.1 Å². The number of carbonyl (C=O) groups excluding carboxylic acids is 2. The smallest absolute Gasteiger partial charge is 0.234 e. The lowest BCUT2D eigenvalue weighted by molar-refractivity contribution is -0.116. The first-order valence-corrected chi connectivity index (χ1v) is 15.2. The van der Waals surface area contributed by atoms with E-state index in [1.165, 1.54) is 35.2 Å². The van der Waals surface area contributed by atoms with E-state index in [0.717, 1.165) is 5.56 Å². The molecule has 5 rings (SSSR count). The van der Waals surface area contributed by atoms with E-state index in [4.69, 9.17) is 45.3 Å². The van der Waals surface area contributed by atoms with E-state index in [1.54, 1.807) is 18.1 Å². The minimum atomic E-state index is -0.618. The molecule has 0 fully saturated rings. The van der Waals surface area contributed by atoms with Crippen LogP contribution < -0.4 is 20.7 Å². The van der Waals surface area contributed by atoms with Gasteiger partial charge in [-0.3, -0.25) is 14.5 Å². The van der Waals surface area contributed by atoms with Crippen LogP contribution in [-0.2, 0) is 9.59 Å². The number of benzene rings is 2. The monoisotopic (exact) mass is 646 g/mol. The van der Waals surface area contributed by atoms with Gasteiger partial charge >= 0.3 is 0 Å². The quantitative estimate of drug-likeness (QED) is 0.216. The van der Waals surface area contributed by atoms with Crippen molar-refractivity contribution in [1.82, 2.24) is 10.2 Å². The minimum Gasteiger partial charge on any atom is -0.497 e. The normalized spacial score (nSPS) is 16.9. The van der Waals surface area contributed by atoms with Crippen molar-refractivity contribution < 1.29 is 14.3 Å². The van der Waals surface area contributed by atoms with Gasteiger partial charge in [-0.15, -0.1) is 10.2 Å². The topological polar surface area (TPSA) is 134 Å². The van der Waals surface area contributed by atoms with Crippen LogP contribution in [0.3, 0.4) is 0 Å². The van der Waals surface area contributed by atoms with Gasteiger partial charge in [0, 0.05) is 17.7 Å². The van der Waals surface area contributed by atoms with Crippen molar-refractivity contribution in [3.63, 3.8) is 0 Å². The van der Waals surface area contributed by atoms with Crippen LogP contribution in [0.1, 0.15) is 30.7 Å². The summed E-state index contributed by atoms with van der Waals surface area (Å²) in [4.78, 5) is 27.5. The number of hydrogen-bond donors (Lipinski definition) is 2. The molecule has 1 unspecified atom stereocenters. The van der Waals surface area contributed by atoms with Crippen LogP contribution in [0.4, 0.5) is 10.8 Å². The molecule has 41 heavy (non-hydrogen) atoms. The minimum absolute atomic E-state index is 0.0182. The van der Waals surface area contributed by atoms with E-state index in [0.29, 0.717) is 51.4 Å². The lowest BCUT2D eigenvalue weighted by Crippen LogP contribution is -2.38. The van der Waals surface area contributed by atoms with E-state index in [2.05, 4.69) is 21.6 Å². The largest absolute Gasteiger partial charge is 0.497 e. The van der Waals surface area contributed by atoms with Gasteiger partial charge in [0.15, 0.2) is 10.1 Å². The summed E-state index contributed by atoms with van der Waals surface area (Å²) in [6.45, 7) is 0. The highest BCUT2D eigenvalue weighted by atomic mass is 35.5. The molecule has 3 N–H and O–H groups in total. The number of ether oxygens (including phenoxy) is 1. The molecule has 9 nitrogen and oxygen atoms in total. The second-order valence-corrected chi connectivity index (χ2v) is 12.4. The molecule has 2 aromatic carbocycles. The van der Waals surface area contributed by atoms with Gasteiger partial charge in [0.2, 0.25) is 11.0 Å². The number of methoxy groups -OCH3 is 1. The summed E-state index contributed by atoms with van der Waals surface area (Å²) < 4.78 is 5.88. The maximum absolute atomic E-state index is 13.3. The first kappa shape index (κ1) is 29.2. The number of nitrogens with one attached hydrogen (secondary N) is 1. The zero-order valence-electron chi connectivity index (χ0n) is 21.4. The molecule has 210 valence electrons. The summed E-state index contributed by atoms with van der Waals surface area (Å²) in [6.07, 6.45) is 1.60. The van der Waals surface area contributed by atoms with Crippen LogP contribution in [0.25, 0.3) is 0 Å². The molecule has 0 saturated heterocycles. The standard InChI is InChI=1S/C27H21Cl3N6O3S2/c1-39-14-5-2-4-13(8-14)23-15(11-31)25(32)36(20-6-3-7-21(37)24(20)23)26-34-35-27(41-26)40-12-22(38)33-19-10-17(29)16(28)9-18(19)30/h2,4-5,8-10,23H,3,6-7,12,32H2,1H3,(H,33,38). The first-order chi connectivity index (χ1) is 19.7. The van der Waals surface area contributed by atoms with Crippen molar-refractivity contribution in [1.29, 1.82) is 5.26 Å². The maximum atomic E-state index is 13.3. The van der Waals surface area contributed by atoms with Crippen LogP contribution in [0, 0.1) is 11.3 Å². The molecule has 1 aliphatic heterocycles. The predicted octanol–water partition coefficient (Wildman–Crippen LogP) is 6.54. The van der Waals surface area contributed by atoms with Gasteiger partial charge < -0.3 is 15.8 Å². The lowest BCUT2D eigenvalue weighted by Gasteiger charge is -2.38. The van der Waals surface area contributed by atoms with Crippen molar-refractivity contribution in [2.75, 3.05) is 23.1 Å². The average Bonchev–Trinajstić information content (AvgIpc) is 3.42. The summed E-state index contributed by atoms with van der Waals surface area (Å²) in [6, 6.07) is 12.5. The Morgan fingerprint density at radius 3 is 2.76 bits per heavy atom. The van der Waals surface area contributed by atoms with E-state index in [-0.39, 0.29) is 43.9 Å². The second kappa shape index (κ2) is 12.3. The molecule has 0 spiro atoms. The Bertz CT molecular complexity index is 1670. The number of amides is 1. The highest BCUT2D eigenvalue weighted by molar-refractivity contribution is 8.01. The van der Waals surface area contributed by atoms with E-state index in [9.17, 15) is 14.9 Å². The number of rotatable bonds is 7. The molecule has 1 amide bonds. The number of carbonyl (C=O) groups is 2. The molecule has 1 atom stereocenters. The third-order valence-corrected chi connectivity index (χ3v) is 9.61. The fourth-order valence-electron chi connectivity index (χ4n) is 4.74. The SMILES string of the molecule is COc1cccc(C2C(C#N)=C(N)N(c3nnc(SCC(=O)Nc4cc(Cl)c(Cl)cc4Cl)s3)C3=C2C(=O)CCC3)c1. The van der Waals surface area contributed by atoms with Gasteiger partial charge in [-0.2, -0.15) is 5.26 Å². The maximum Gasteiger partial charge on any atom is 0.234 e. The number of Topliss-reactive ketones (excluding diaryl/α,β-unsaturated/α-hetero) is 1. The van der Waals surface area contributed by atoms with Gasteiger partial charge in [-0.1, -0.05) is 70.0 Å². The number of nitrogens with zero attached hydrogens (tertiary/aromatic N) is 4. The van der Waals surface area contributed by atoms with E-state index < -0.39 is 5.92 Å². The molecular weight excluding hydrogens is 627 g/mol. The number of nitriles is 1. The van der Waals surface area contributed by atoms with E-state index in [1.807, 2.05) is 18.2 Å². The van der Waals surface area contributed by atoms with Crippen LogP contribution in [0.5, 0.6) is 5.75 Å². The lowest BCUT2D eigenvalue weighted by atomic mass is 9.76. The molecule has 14 heteroatoms. The number of halogens is 3. The Kier molecular flexibility index (Phi) is 8.77. The number of aromatic nitrogens is 2. The molecule has 2 aliphatic rings. The molecule has 3 aromatic rings. The van der Waals surface area contributed by atoms with Gasteiger partial charge in [0.25, 0.3) is 0 Å². The Balaban J connectivity index is 1.41. The molecular formula is C27H21Cl3N6O3S2. The molecule has 0 bridgehead atoms. The van der Waals surface area contributed by atoms with Crippen molar-refractivity contribution in [2.45, 2.75) is 29.5 Å². The number of thioether (sulfide) groups is 1. The second-order valence-electron chi connectivity index (χ2n) is 9.03. The Hall–Kier alpha value is -3.27. The summed E-state index contributed by atoms with van der Waals surface area (Å²) in [5.74, 6) is -0.172. The number of hydrogen-bond acceptors (Lipinski definition) is 10. The molecule has 2 heterocycles. The Labute approximate surface area is 258 Å². The highest BCUT2D eigenvalue weighted by Gasteiger charge is 2.41. The number of anilines is 2. The molecule has 0 saturated carbocycles. The Morgan fingerprint density at radius 1 is 1.22 bits per heavy atom.